The maximum absolute atomic E-state index is 12.4. The summed E-state index contributed by atoms with van der Waals surface area (Å²) in [6.07, 6.45) is 7.69. The molecule has 4 nitrogen and oxygen atoms in total. The van der Waals surface area contributed by atoms with E-state index in [9.17, 15) is 8.42 Å². The Balaban J connectivity index is 1.57. The first kappa shape index (κ1) is 17.7. The lowest BCUT2D eigenvalue weighted by molar-refractivity contribution is 0.482. The van der Waals surface area contributed by atoms with Crippen molar-refractivity contribution in [3.05, 3.63) is 66.2 Å². The predicted molar refractivity (Wildman–Crippen MR) is 99.3 cm³/mol. The van der Waals surface area contributed by atoms with Gasteiger partial charge in [0.15, 0.2) is 0 Å². The summed E-state index contributed by atoms with van der Waals surface area (Å²) in [5, 5.41) is 0. The minimum atomic E-state index is -3.48. The number of nitrogens with one attached hydrogen (secondary N) is 1. The number of sulfonamides is 1. The molecule has 0 heterocycles. The molecular formula is C20H23NO3S. The molecule has 0 radical (unpaired) electrons. The standard InChI is InChI=1S/C20H23NO3S/c22-25(23,21-16-15-17-7-3-1-4-8-17)20-13-11-19(12-14-20)24-18-9-5-2-6-10-18/h2,5-7,9-14,21H,1,3-4,8,15-16H2. The van der Waals surface area contributed by atoms with Gasteiger partial charge in [-0.3, -0.25) is 0 Å². The second-order valence-corrected chi connectivity index (χ2v) is 7.91. The smallest absolute Gasteiger partial charge is 0.240 e. The van der Waals surface area contributed by atoms with E-state index in [-0.39, 0.29) is 4.90 Å². The molecule has 1 aliphatic rings. The van der Waals surface area contributed by atoms with Crippen molar-refractivity contribution in [2.45, 2.75) is 37.0 Å². The lowest BCUT2D eigenvalue weighted by atomic mass is 9.97. The fourth-order valence-corrected chi connectivity index (χ4v) is 3.90. The molecule has 25 heavy (non-hydrogen) atoms. The van der Waals surface area contributed by atoms with Crippen LogP contribution in [0.2, 0.25) is 0 Å². The van der Waals surface area contributed by atoms with Gasteiger partial charge in [-0.25, -0.2) is 13.1 Å². The Kier molecular flexibility index (Phi) is 5.89. The normalized spacial score (nSPS) is 14.8. The highest BCUT2D eigenvalue weighted by Crippen LogP contribution is 2.23. The van der Waals surface area contributed by atoms with Crippen LogP contribution in [-0.4, -0.2) is 15.0 Å². The van der Waals surface area contributed by atoms with Crippen LogP contribution in [0.1, 0.15) is 32.1 Å². The number of hydrogen-bond donors (Lipinski definition) is 1. The first-order chi connectivity index (χ1) is 12.1. The van der Waals surface area contributed by atoms with Crippen molar-refractivity contribution < 1.29 is 13.2 Å². The highest BCUT2D eigenvalue weighted by atomic mass is 32.2. The maximum atomic E-state index is 12.4. The summed E-state index contributed by atoms with van der Waals surface area (Å²) in [5.41, 5.74) is 1.36. The number of rotatable bonds is 7. The quantitative estimate of drug-likeness (QED) is 0.734. The van der Waals surface area contributed by atoms with E-state index in [1.165, 1.54) is 18.4 Å². The predicted octanol–water partition coefficient (Wildman–Crippen LogP) is 4.65. The van der Waals surface area contributed by atoms with Crippen molar-refractivity contribution in [3.8, 4) is 11.5 Å². The average Bonchev–Trinajstić information content (AvgIpc) is 2.64. The summed E-state index contributed by atoms with van der Waals surface area (Å²) in [6.45, 7) is 0.441. The molecule has 0 aliphatic heterocycles. The number of hydrogen-bond acceptors (Lipinski definition) is 3. The van der Waals surface area contributed by atoms with Gasteiger partial charge >= 0.3 is 0 Å². The van der Waals surface area contributed by atoms with Crippen LogP contribution in [0.4, 0.5) is 0 Å². The zero-order valence-electron chi connectivity index (χ0n) is 14.1. The molecule has 132 valence electrons. The van der Waals surface area contributed by atoms with Gasteiger partial charge in [0.25, 0.3) is 0 Å². The minimum absolute atomic E-state index is 0.255. The van der Waals surface area contributed by atoms with E-state index in [0.717, 1.165) is 25.0 Å². The molecule has 0 atom stereocenters. The van der Waals surface area contributed by atoms with E-state index in [1.54, 1.807) is 24.3 Å². The van der Waals surface area contributed by atoms with Crippen LogP contribution < -0.4 is 9.46 Å². The summed E-state index contributed by atoms with van der Waals surface area (Å²) >= 11 is 0. The molecular weight excluding hydrogens is 334 g/mol. The molecule has 0 saturated heterocycles. The van der Waals surface area contributed by atoms with Crippen molar-refractivity contribution in [1.29, 1.82) is 0 Å². The lowest BCUT2D eigenvalue weighted by Gasteiger charge is -2.13. The lowest BCUT2D eigenvalue weighted by Crippen LogP contribution is -2.25. The van der Waals surface area contributed by atoms with Crippen LogP contribution in [0.5, 0.6) is 11.5 Å². The van der Waals surface area contributed by atoms with Gasteiger partial charge in [0.1, 0.15) is 11.5 Å². The third-order valence-electron chi connectivity index (χ3n) is 4.24. The number of ether oxygens (including phenoxy) is 1. The first-order valence-corrected chi connectivity index (χ1v) is 10.1. The number of benzene rings is 2. The van der Waals surface area contributed by atoms with Gasteiger partial charge in [-0.2, -0.15) is 0 Å². The molecule has 0 amide bonds. The van der Waals surface area contributed by atoms with Gasteiger partial charge in [-0.15, -0.1) is 0 Å². The van der Waals surface area contributed by atoms with Crippen molar-refractivity contribution >= 4 is 10.0 Å². The first-order valence-electron chi connectivity index (χ1n) is 8.64. The Labute approximate surface area is 149 Å². The van der Waals surface area contributed by atoms with Crippen LogP contribution in [0.25, 0.3) is 0 Å². The average molecular weight is 357 g/mol. The SMILES string of the molecule is O=S(=O)(NCCC1=CCCCC1)c1ccc(Oc2ccccc2)cc1. The molecule has 0 saturated carbocycles. The zero-order valence-corrected chi connectivity index (χ0v) is 15.0. The second kappa shape index (κ2) is 8.32. The summed E-state index contributed by atoms with van der Waals surface area (Å²) in [6, 6.07) is 15.9. The van der Waals surface area contributed by atoms with Gasteiger partial charge in [-0.05, 0) is 68.5 Å². The van der Waals surface area contributed by atoms with E-state index >= 15 is 0 Å². The highest BCUT2D eigenvalue weighted by Gasteiger charge is 2.14. The molecule has 3 rings (SSSR count). The van der Waals surface area contributed by atoms with Gasteiger partial charge in [0.2, 0.25) is 10.0 Å². The van der Waals surface area contributed by atoms with E-state index in [2.05, 4.69) is 10.8 Å². The zero-order chi connectivity index (χ0) is 17.5. The van der Waals surface area contributed by atoms with Crippen LogP contribution in [0, 0.1) is 0 Å². The molecule has 0 unspecified atom stereocenters. The highest BCUT2D eigenvalue weighted by molar-refractivity contribution is 7.89. The third-order valence-corrected chi connectivity index (χ3v) is 5.71. The number of para-hydroxylation sites is 1. The van der Waals surface area contributed by atoms with Crippen LogP contribution in [0.15, 0.2) is 71.1 Å². The molecule has 0 aromatic heterocycles. The van der Waals surface area contributed by atoms with E-state index in [1.807, 2.05) is 30.3 Å². The van der Waals surface area contributed by atoms with Gasteiger partial charge in [0, 0.05) is 6.54 Å². The van der Waals surface area contributed by atoms with E-state index in [0.29, 0.717) is 12.3 Å². The fourth-order valence-electron chi connectivity index (χ4n) is 2.87. The molecule has 2 aromatic rings. The molecule has 0 fully saturated rings. The van der Waals surface area contributed by atoms with Gasteiger partial charge in [0.05, 0.1) is 4.90 Å². The second-order valence-electron chi connectivity index (χ2n) is 6.14. The minimum Gasteiger partial charge on any atom is -0.457 e. The molecule has 0 bridgehead atoms. The summed E-state index contributed by atoms with van der Waals surface area (Å²) in [7, 11) is -3.48. The molecule has 1 aliphatic carbocycles. The van der Waals surface area contributed by atoms with Crippen molar-refractivity contribution in [1.82, 2.24) is 4.72 Å². The van der Waals surface area contributed by atoms with Crippen LogP contribution in [0.3, 0.4) is 0 Å². The summed E-state index contributed by atoms with van der Waals surface area (Å²) < 4.78 is 33.1. The fraction of sp³-hybridized carbons (Fsp3) is 0.300. The van der Waals surface area contributed by atoms with Gasteiger partial charge in [-0.1, -0.05) is 29.8 Å². The maximum Gasteiger partial charge on any atom is 0.240 e. The summed E-state index contributed by atoms with van der Waals surface area (Å²) in [5.74, 6) is 1.33. The van der Waals surface area contributed by atoms with E-state index < -0.39 is 10.0 Å². The number of allylic oxidation sites excluding steroid dienone is 1. The van der Waals surface area contributed by atoms with Crippen molar-refractivity contribution in [3.63, 3.8) is 0 Å². The topological polar surface area (TPSA) is 55.4 Å². The van der Waals surface area contributed by atoms with Crippen LogP contribution >= 0.6 is 0 Å². The Morgan fingerprint density at radius 1 is 0.920 bits per heavy atom. The Morgan fingerprint density at radius 3 is 2.32 bits per heavy atom. The Bertz CT molecular complexity index is 812. The monoisotopic (exact) mass is 357 g/mol. The van der Waals surface area contributed by atoms with Crippen molar-refractivity contribution in [2.24, 2.45) is 0 Å². The molecule has 2 aromatic carbocycles. The van der Waals surface area contributed by atoms with E-state index in [4.69, 9.17) is 4.74 Å². The Hall–Kier alpha value is -2.11. The Morgan fingerprint density at radius 2 is 1.64 bits per heavy atom. The molecule has 5 heteroatoms. The third kappa shape index (κ3) is 5.18. The van der Waals surface area contributed by atoms with Crippen LogP contribution in [-0.2, 0) is 10.0 Å². The van der Waals surface area contributed by atoms with Crippen molar-refractivity contribution in [2.75, 3.05) is 6.54 Å². The molecule has 1 N–H and O–H groups in total. The largest absolute Gasteiger partial charge is 0.457 e. The summed E-state index contributed by atoms with van der Waals surface area (Å²) in [4.78, 5) is 0.255. The van der Waals surface area contributed by atoms with Gasteiger partial charge < -0.3 is 4.74 Å². The molecule has 0 spiro atoms.